The maximum absolute atomic E-state index is 10.9. The van der Waals surface area contributed by atoms with Gasteiger partial charge in [0.25, 0.3) is 0 Å². The Morgan fingerprint density at radius 2 is 2.22 bits per heavy atom. The van der Waals surface area contributed by atoms with Crippen molar-refractivity contribution in [2.24, 2.45) is 11.8 Å². The van der Waals surface area contributed by atoms with Crippen LogP contribution in [-0.4, -0.2) is 22.6 Å². The van der Waals surface area contributed by atoms with Gasteiger partial charge in [0.1, 0.15) is 0 Å². The van der Waals surface area contributed by atoms with Crippen molar-refractivity contribution in [3.63, 3.8) is 0 Å². The molecular weight excluding hydrogens is 248 g/mol. The van der Waals surface area contributed by atoms with E-state index in [-0.39, 0.29) is 5.69 Å². The minimum Gasteiger partial charge on any atom is -0.476 e. The van der Waals surface area contributed by atoms with Crippen molar-refractivity contribution in [3.8, 4) is 0 Å². The minimum absolute atomic E-state index is 0.180. The Labute approximate surface area is 111 Å². The number of rotatable bonds is 4. The number of nitrogens with one attached hydrogen (secondary N) is 1. The van der Waals surface area contributed by atoms with E-state index in [9.17, 15) is 4.79 Å². The quantitative estimate of drug-likeness (QED) is 0.878. The first-order valence-electron chi connectivity index (χ1n) is 6.52. The molecule has 1 aromatic rings. The fraction of sp³-hybridized carbons (Fsp3) is 0.692. The summed E-state index contributed by atoms with van der Waals surface area (Å²) < 4.78 is 0. The second-order valence-corrected chi connectivity index (χ2v) is 6.33. The summed E-state index contributed by atoms with van der Waals surface area (Å²) in [6.45, 7) is 5.02. The standard InChI is InChI=1S/C13H20N2O2S/c1-8-5-3-4-6-10(8)7-14-13-15-11(12(16)17)9(2)18-13/h8,10H,3-7H2,1-2H3,(H,14,15)(H,16,17). The molecule has 0 aliphatic heterocycles. The molecule has 2 N–H and O–H groups in total. The average molecular weight is 268 g/mol. The van der Waals surface area contributed by atoms with E-state index in [0.717, 1.165) is 22.5 Å². The molecule has 1 heterocycles. The van der Waals surface area contributed by atoms with E-state index in [4.69, 9.17) is 5.11 Å². The van der Waals surface area contributed by atoms with E-state index in [1.54, 1.807) is 6.92 Å². The molecule has 0 radical (unpaired) electrons. The Hall–Kier alpha value is -1.10. The summed E-state index contributed by atoms with van der Waals surface area (Å²) in [4.78, 5) is 15.8. The lowest BCUT2D eigenvalue weighted by Crippen LogP contribution is -2.24. The fourth-order valence-electron chi connectivity index (χ4n) is 2.59. The number of aryl methyl sites for hydroxylation is 1. The Kier molecular flexibility index (Phi) is 4.22. The van der Waals surface area contributed by atoms with Crippen molar-refractivity contribution in [2.45, 2.75) is 39.5 Å². The number of hydrogen-bond donors (Lipinski definition) is 2. The van der Waals surface area contributed by atoms with Gasteiger partial charge < -0.3 is 10.4 Å². The molecule has 2 unspecified atom stereocenters. The Morgan fingerprint density at radius 1 is 1.50 bits per heavy atom. The van der Waals surface area contributed by atoms with E-state index in [2.05, 4.69) is 17.2 Å². The molecule has 1 aliphatic rings. The third-order valence-electron chi connectivity index (χ3n) is 3.80. The van der Waals surface area contributed by atoms with Gasteiger partial charge in [-0.3, -0.25) is 0 Å². The van der Waals surface area contributed by atoms with Crippen LogP contribution in [0.1, 0.15) is 48.0 Å². The van der Waals surface area contributed by atoms with Crippen LogP contribution in [0.25, 0.3) is 0 Å². The summed E-state index contributed by atoms with van der Waals surface area (Å²) in [6, 6.07) is 0. The Balaban J connectivity index is 1.93. The number of hydrogen-bond acceptors (Lipinski definition) is 4. The number of carboxylic acids is 1. The van der Waals surface area contributed by atoms with Crippen LogP contribution in [0.3, 0.4) is 0 Å². The molecule has 0 saturated heterocycles. The smallest absolute Gasteiger partial charge is 0.355 e. The van der Waals surface area contributed by atoms with Crippen molar-refractivity contribution >= 4 is 22.4 Å². The summed E-state index contributed by atoms with van der Waals surface area (Å²) >= 11 is 1.43. The second kappa shape index (κ2) is 5.69. The average Bonchev–Trinajstić information content (AvgIpc) is 2.70. The van der Waals surface area contributed by atoms with Gasteiger partial charge in [-0.05, 0) is 25.2 Å². The highest BCUT2D eigenvalue weighted by Gasteiger charge is 2.21. The molecule has 1 fully saturated rings. The number of aromatic carboxylic acids is 1. The SMILES string of the molecule is Cc1sc(NCC2CCCCC2C)nc1C(=O)O. The van der Waals surface area contributed by atoms with Crippen molar-refractivity contribution < 1.29 is 9.90 Å². The lowest BCUT2D eigenvalue weighted by atomic mass is 9.80. The van der Waals surface area contributed by atoms with Crippen LogP contribution in [0.2, 0.25) is 0 Å². The first-order valence-corrected chi connectivity index (χ1v) is 7.34. The maximum Gasteiger partial charge on any atom is 0.355 e. The summed E-state index contributed by atoms with van der Waals surface area (Å²) in [5.41, 5.74) is 0.180. The van der Waals surface area contributed by atoms with Crippen LogP contribution in [0.4, 0.5) is 5.13 Å². The lowest BCUT2D eigenvalue weighted by molar-refractivity contribution is 0.0690. The van der Waals surface area contributed by atoms with Gasteiger partial charge in [-0.25, -0.2) is 9.78 Å². The van der Waals surface area contributed by atoms with Gasteiger partial charge in [-0.15, -0.1) is 11.3 Å². The van der Waals surface area contributed by atoms with E-state index >= 15 is 0 Å². The van der Waals surface area contributed by atoms with Crippen LogP contribution in [-0.2, 0) is 0 Å². The second-order valence-electron chi connectivity index (χ2n) is 5.13. The molecule has 100 valence electrons. The van der Waals surface area contributed by atoms with E-state index in [0.29, 0.717) is 5.92 Å². The zero-order chi connectivity index (χ0) is 13.1. The largest absolute Gasteiger partial charge is 0.476 e. The molecule has 1 aliphatic carbocycles. The van der Waals surface area contributed by atoms with Crippen LogP contribution in [0, 0.1) is 18.8 Å². The minimum atomic E-state index is -0.942. The van der Waals surface area contributed by atoms with Crippen LogP contribution < -0.4 is 5.32 Å². The van der Waals surface area contributed by atoms with Crippen LogP contribution in [0.5, 0.6) is 0 Å². The molecule has 0 aromatic carbocycles. The van der Waals surface area contributed by atoms with Gasteiger partial charge in [-0.2, -0.15) is 0 Å². The van der Waals surface area contributed by atoms with Gasteiger partial charge >= 0.3 is 5.97 Å². The number of nitrogens with zero attached hydrogens (tertiary/aromatic N) is 1. The van der Waals surface area contributed by atoms with Crippen LogP contribution >= 0.6 is 11.3 Å². The molecule has 18 heavy (non-hydrogen) atoms. The summed E-state index contributed by atoms with van der Waals surface area (Å²) in [5, 5.41) is 13.0. The molecule has 2 rings (SSSR count). The summed E-state index contributed by atoms with van der Waals surface area (Å²) in [5.74, 6) is 0.505. The topological polar surface area (TPSA) is 62.2 Å². The van der Waals surface area contributed by atoms with Crippen molar-refractivity contribution in [1.29, 1.82) is 0 Å². The van der Waals surface area contributed by atoms with Gasteiger partial charge in [0.2, 0.25) is 0 Å². The molecule has 0 amide bonds. The molecule has 0 spiro atoms. The predicted molar refractivity (Wildman–Crippen MR) is 73.4 cm³/mol. The number of carboxylic acid groups (broad SMARTS) is 1. The molecule has 4 nitrogen and oxygen atoms in total. The van der Waals surface area contributed by atoms with Crippen molar-refractivity contribution in [2.75, 3.05) is 11.9 Å². The van der Waals surface area contributed by atoms with E-state index < -0.39 is 5.97 Å². The fourth-order valence-corrected chi connectivity index (χ4v) is 3.40. The third-order valence-corrected chi connectivity index (χ3v) is 4.73. The molecule has 1 aromatic heterocycles. The van der Waals surface area contributed by atoms with Gasteiger partial charge in [0.15, 0.2) is 10.8 Å². The molecular formula is C13H20N2O2S. The highest BCUT2D eigenvalue weighted by Crippen LogP contribution is 2.30. The summed E-state index contributed by atoms with van der Waals surface area (Å²) in [6.07, 6.45) is 5.24. The van der Waals surface area contributed by atoms with Crippen molar-refractivity contribution in [1.82, 2.24) is 4.98 Å². The third kappa shape index (κ3) is 3.02. The number of thiazole rings is 1. The number of carbonyl (C=O) groups is 1. The maximum atomic E-state index is 10.9. The molecule has 5 heteroatoms. The van der Waals surface area contributed by atoms with Gasteiger partial charge in [-0.1, -0.05) is 26.2 Å². The number of aromatic nitrogens is 1. The van der Waals surface area contributed by atoms with Crippen LogP contribution in [0.15, 0.2) is 0 Å². The van der Waals surface area contributed by atoms with Crippen molar-refractivity contribution in [3.05, 3.63) is 10.6 Å². The molecule has 0 bridgehead atoms. The zero-order valence-electron chi connectivity index (χ0n) is 10.9. The lowest BCUT2D eigenvalue weighted by Gasteiger charge is -2.28. The first kappa shape index (κ1) is 13.3. The Morgan fingerprint density at radius 3 is 2.83 bits per heavy atom. The number of anilines is 1. The normalized spacial score (nSPS) is 23.9. The molecule has 1 saturated carbocycles. The van der Waals surface area contributed by atoms with Gasteiger partial charge in [0, 0.05) is 11.4 Å². The predicted octanol–water partition coefficient (Wildman–Crippen LogP) is 3.39. The Bertz CT molecular complexity index is 431. The monoisotopic (exact) mass is 268 g/mol. The molecule has 2 atom stereocenters. The first-order chi connectivity index (χ1) is 8.58. The summed E-state index contributed by atoms with van der Waals surface area (Å²) in [7, 11) is 0. The van der Waals surface area contributed by atoms with Gasteiger partial charge in [0.05, 0.1) is 0 Å². The van der Waals surface area contributed by atoms with E-state index in [1.165, 1.54) is 37.0 Å². The van der Waals surface area contributed by atoms with E-state index in [1.807, 2.05) is 0 Å². The highest BCUT2D eigenvalue weighted by molar-refractivity contribution is 7.15. The highest BCUT2D eigenvalue weighted by atomic mass is 32.1. The zero-order valence-corrected chi connectivity index (χ0v) is 11.7.